The summed E-state index contributed by atoms with van der Waals surface area (Å²) >= 11 is 0. The van der Waals surface area contributed by atoms with E-state index in [0.717, 1.165) is 11.4 Å². The molecular formula is C44H31N. The van der Waals surface area contributed by atoms with Crippen LogP contribution in [-0.2, 0) is 0 Å². The molecule has 0 radical (unpaired) electrons. The number of benzene rings is 9. The first-order valence-corrected chi connectivity index (χ1v) is 15.7. The highest BCUT2D eigenvalue weighted by Crippen LogP contribution is 2.50. The number of nitrogens with zero attached hydrogens (tertiary/aromatic N) is 1. The normalized spacial score (nSPS) is 11.8. The fraction of sp³-hybridized carbons (Fsp3) is 0.0455. The summed E-state index contributed by atoms with van der Waals surface area (Å²) in [6.07, 6.45) is 0. The zero-order chi connectivity index (χ0) is 30.1. The Hall–Kier alpha value is -5.66. The van der Waals surface area contributed by atoms with Gasteiger partial charge in [0, 0.05) is 22.1 Å². The van der Waals surface area contributed by atoms with Crippen LogP contribution in [0.3, 0.4) is 0 Å². The van der Waals surface area contributed by atoms with Crippen LogP contribution in [0.25, 0.3) is 65.0 Å². The van der Waals surface area contributed by atoms with Crippen molar-refractivity contribution in [1.82, 2.24) is 0 Å². The maximum Gasteiger partial charge on any atom is 0.0618 e. The molecule has 0 aliphatic carbocycles. The first-order valence-electron chi connectivity index (χ1n) is 15.7. The lowest BCUT2D eigenvalue weighted by molar-refractivity contribution is 1.31. The number of anilines is 3. The van der Waals surface area contributed by atoms with Crippen LogP contribution in [-0.4, -0.2) is 0 Å². The Labute approximate surface area is 262 Å². The van der Waals surface area contributed by atoms with Crippen molar-refractivity contribution in [2.75, 3.05) is 4.90 Å². The summed E-state index contributed by atoms with van der Waals surface area (Å²) in [7, 11) is 0. The molecule has 9 rings (SSSR count). The number of rotatable bonds is 4. The summed E-state index contributed by atoms with van der Waals surface area (Å²) in [5.74, 6) is 0. The molecule has 0 N–H and O–H groups in total. The van der Waals surface area contributed by atoms with Gasteiger partial charge < -0.3 is 4.90 Å². The van der Waals surface area contributed by atoms with Gasteiger partial charge in [0.25, 0.3) is 0 Å². The predicted molar refractivity (Wildman–Crippen MR) is 195 cm³/mol. The van der Waals surface area contributed by atoms with E-state index in [0.29, 0.717) is 0 Å². The average Bonchev–Trinajstić information content (AvgIpc) is 3.08. The van der Waals surface area contributed by atoms with Crippen molar-refractivity contribution >= 4 is 70.9 Å². The Balaban J connectivity index is 1.47. The standard InChI is InChI=1S/C44H31N/c1-28-17-23-38-39(26-28)43(36-25-21-32-19-18-30-10-9-11-31-20-24-35(36)42(32)41(30)31)37-22-16-29(2)27-40(37)44(38)45(33-12-5-3-6-13-33)34-14-7-4-8-15-34/h3-27H,1-2H3. The molecule has 0 fully saturated rings. The quantitative estimate of drug-likeness (QED) is 0.149. The molecule has 0 unspecified atom stereocenters. The maximum absolute atomic E-state index is 2.44. The Kier molecular flexibility index (Phi) is 5.70. The zero-order valence-corrected chi connectivity index (χ0v) is 25.4. The van der Waals surface area contributed by atoms with Crippen molar-refractivity contribution in [3.63, 3.8) is 0 Å². The van der Waals surface area contributed by atoms with Crippen LogP contribution in [0.15, 0.2) is 152 Å². The van der Waals surface area contributed by atoms with Gasteiger partial charge >= 0.3 is 0 Å². The smallest absolute Gasteiger partial charge is 0.0618 e. The van der Waals surface area contributed by atoms with E-state index >= 15 is 0 Å². The molecule has 0 heterocycles. The fourth-order valence-electron chi connectivity index (χ4n) is 7.48. The van der Waals surface area contributed by atoms with Crippen LogP contribution in [0.4, 0.5) is 17.1 Å². The molecule has 0 aliphatic heterocycles. The lowest BCUT2D eigenvalue weighted by Crippen LogP contribution is -2.11. The molecule has 1 heteroatoms. The number of hydrogen-bond acceptors (Lipinski definition) is 1. The molecule has 0 spiro atoms. The first kappa shape index (κ1) is 25.8. The van der Waals surface area contributed by atoms with E-state index in [1.165, 1.54) is 81.8 Å². The number of fused-ring (bicyclic) bond motifs is 2. The topological polar surface area (TPSA) is 3.24 Å². The molecule has 212 valence electrons. The molecule has 0 aromatic heterocycles. The molecule has 9 aromatic rings. The zero-order valence-electron chi connectivity index (χ0n) is 25.4. The van der Waals surface area contributed by atoms with Crippen LogP contribution in [0.5, 0.6) is 0 Å². The van der Waals surface area contributed by atoms with Crippen molar-refractivity contribution < 1.29 is 0 Å². The Bertz CT molecular complexity index is 2490. The molecule has 0 amide bonds. The van der Waals surface area contributed by atoms with Crippen LogP contribution < -0.4 is 4.90 Å². The molecule has 0 saturated heterocycles. The van der Waals surface area contributed by atoms with E-state index in [4.69, 9.17) is 0 Å². The molecule has 1 nitrogen and oxygen atoms in total. The van der Waals surface area contributed by atoms with E-state index in [1.807, 2.05) is 0 Å². The molecule has 0 atom stereocenters. The highest BCUT2D eigenvalue weighted by atomic mass is 15.1. The SMILES string of the molecule is Cc1ccc2c(N(c3ccccc3)c3ccccc3)c3cc(C)ccc3c(-c3ccc4ccc5cccc6ccc3c4c56)c2c1. The minimum absolute atomic E-state index is 1.14. The van der Waals surface area contributed by atoms with Crippen LogP contribution in [0.2, 0.25) is 0 Å². The fourth-order valence-corrected chi connectivity index (χ4v) is 7.48. The van der Waals surface area contributed by atoms with Crippen molar-refractivity contribution in [3.8, 4) is 11.1 Å². The number of hydrogen-bond donors (Lipinski definition) is 0. The van der Waals surface area contributed by atoms with E-state index in [-0.39, 0.29) is 0 Å². The van der Waals surface area contributed by atoms with Gasteiger partial charge in [0.2, 0.25) is 0 Å². The Morgan fingerprint density at radius 1 is 0.378 bits per heavy atom. The first-order chi connectivity index (χ1) is 22.2. The Morgan fingerprint density at radius 2 is 0.911 bits per heavy atom. The van der Waals surface area contributed by atoms with E-state index in [2.05, 4.69) is 170 Å². The summed E-state index contributed by atoms with van der Waals surface area (Å²) in [5, 5.41) is 12.9. The Morgan fingerprint density at radius 3 is 1.58 bits per heavy atom. The van der Waals surface area contributed by atoms with Gasteiger partial charge in [0.1, 0.15) is 0 Å². The van der Waals surface area contributed by atoms with Crippen LogP contribution >= 0.6 is 0 Å². The third kappa shape index (κ3) is 3.94. The second-order valence-electron chi connectivity index (χ2n) is 12.3. The van der Waals surface area contributed by atoms with Gasteiger partial charge in [-0.05, 0) is 98.4 Å². The summed E-state index contributed by atoms with van der Waals surface area (Å²) < 4.78 is 0. The lowest BCUT2D eigenvalue weighted by atomic mass is 9.84. The van der Waals surface area contributed by atoms with E-state index in [1.54, 1.807) is 0 Å². The highest BCUT2D eigenvalue weighted by molar-refractivity contribution is 6.29. The molecule has 9 aromatic carbocycles. The minimum Gasteiger partial charge on any atom is -0.309 e. The minimum atomic E-state index is 1.14. The van der Waals surface area contributed by atoms with Crippen LogP contribution in [0.1, 0.15) is 11.1 Å². The molecule has 0 aliphatic rings. The maximum atomic E-state index is 2.44. The lowest BCUT2D eigenvalue weighted by Gasteiger charge is -2.30. The molecule has 0 bridgehead atoms. The predicted octanol–water partition coefficient (Wildman–Crippen LogP) is 12.6. The monoisotopic (exact) mass is 573 g/mol. The van der Waals surface area contributed by atoms with Gasteiger partial charge in [0.05, 0.1) is 5.69 Å². The van der Waals surface area contributed by atoms with Crippen LogP contribution in [0, 0.1) is 13.8 Å². The average molecular weight is 574 g/mol. The molecule has 45 heavy (non-hydrogen) atoms. The van der Waals surface area contributed by atoms with Crippen molar-refractivity contribution in [2.45, 2.75) is 13.8 Å². The van der Waals surface area contributed by atoms with E-state index < -0.39 is 0 Å². The second kappa shape index (κ2) is 9.94. The van der Waals surface area contributed by atoms with Gasteiger partial charge in [-0.15, -0.1) is 0 Å². The third-order valence-corrected chi connectivity index (χ3v) is 9.45. The summed E-state index contributed by atoms with van der Waals surface area (Å²) in [4.78, 5) is 2.44. The summed E-state index contributed by atoms with van der Waals surface area (Å²) in [5.41, 5.74) is 8.58. The van der Waals surface area contributed by atoms with Crippen molar-refractivity contribution in [3.05, 3.63) is 163 Å². The molecule has 0 saturated carbocycles. The highest BCUT2D eigenvalue weighted by Gasteiger charge is 2.23. The van der Waals surface area contributed by atoms with Gasteiger partial charge in [-0.2, -0.15) is 0 Å². The van der Waals surface area contributed by atoms with Gasteiger partial charge in [-0.25, -0.2) is 0 Å². The van der Waals surface area contributed by atoms with Gasteiger partial charge in [-0.3, -0.25) is 0 Å². The number of para-hydroxylation sites is 2. The molecular weight excluding hydrogens is 542 g/mol. The second-order valence-corrected chi connectivity index (χ2v) is 12.3. The van der Waals surface area contributed by atoms with E-state index in [9.17, 15) is 0 Å². The largest absolute Gasteiger partial charge is 0.309 e. The van der Waals surface area contributed by atoms with Gasteiger partial charge in [0.15, 0.2) is 0 Å². The van der Waals surface area contributed by atoms with Crippen molar-refractivity contribution in [1.29, 1.82) is 0 Å². The summed E-state index contributed by atoms with van der Waals surface area (Å²) in [6, 6.07) is 56.0. The summed E-state index contributed by atoms with van der Waals surface area (Å²) in [6.45, 7) is 4.41. The number of aryl methyl sites for hydroxylation is 2. The third-order valence-electron chi connectivity index (χ3n) is 9.45. The van der Waals surface area contributed by atoms with Crippen molar-refractivity contribution in [2.24, 2.45) is 0 Å². The van der Waals surface area contributed by atoms with Gasteiger partial charge in [-0.1, -0.05) is 132 Å².